The summed E-state index contributed by atoms with van der Waals surface area (Å²) in [7, 11) is 1.42. The highest BCUT2D eigenvalue weighted by atomic mass is 32.1. The number of aromatic nitrogens is 3. The average molecular weight is 465 g/mol. The number of ether oxygens (including phenoxy) is 1. The SMILES string of the molecule is CCOC(=O)N1CCC(NC(=O)Cn2c(=O)n(C)c(=O)c3sc(N4CCCC4)nc32)CC1. The third-order valence-corrected chi connectivity index (χ3v) is 7.03. The first kappa shape index (κ1) is 22.3. The van der Waals surface area contributed by atoms with Crippen LogP contribution in [0.5, 0.6) is 0 Å². The van der Waals surface area contributed by atoms with E-state index in [1.165, 1.54) is 23.0 Å². The van der Waals surface area contributed by atoms with Crippen molar-refractivity contribution in [2.24, 2.45) is 7.05 Å². The number of fused-ring (bicyclic) bond motifs is 1. The van der Waals surface area contributed by atoms with Crippen LogP contribution < -0.4 is 21.5 Å². The molecule has 0 radical (unpaired) electrons. The zero-order valence-corrected chi connectivity index (χ0v) is 19.2. The lowest BCUT2D eigenvalue weighted by Gasteiger charge is -2.31. The van der Waals surface area contributed by atoms with Gasteiger partial charge in [-0.1, -0.05) is 11.3 Å². The first-order chi connectivity index (χ1) is 15.4. The van der Waals surface area contributed by atoms with Crippen molar-refractivity contribution in [3.05, 3.63) is 20.8 Å². The van der Waals surface area contributed by atoms with E-state index in [4.69, 9.17) is 4.74 Å². The van der Waals surface area contributed by atoms with Gasteiger partial charge in [-0.3, -0.25) is 18.7 Å². The highest BCUT2D eigenvalue weighted by molar-refractivity contribution is 7.22. The minimum atomic E-state index is -0.562. The van der Waals surface area contributed by atoms with Gasteiger partial charge < -0.3 is 19.9 Å². The number of rotatable bonds is 5. The minimum absolute atomic E-state index is 0.0949. The van der Waals surface area contributed by atoms with Crippen molar-refractivity contribution < 1.29 is 14.3 Å². The van der Waals surface area contributed by atoms with Crippen molar-refractivity contribution >= 4 is 38.8 Å². The van der Waals surface area contributed by atoms with E-state index >= 15 is 0 Å². The fourth-order valence-electron chi connectivity index (χ4n) is 4.16. The van der Waals surface area contributed by atoms with Crippen LogP contribution in [-0.2, 0) is 23.1 Å². The number of hydrogen-bond acceptors (Lipinski definition) is 8. The maximum atomic E-state index is 12.8. The van der Waals surface area contributed by atoms with Crippen molar-refractivity contribution in [1.29, 1.82) is 0 Å². The van der Waals surface area contributed by atoms with Gasteiger partial charge in [-0.25, -0.2) is 14.6 Å². The predicted molar refractivity (Wildman–Crippen MR) is 120 cm³/mol. The van der Waals surface area contributed by atoms with E-state index in [-0.39, 0.29) is 30.2 Å². The second kappa shape index (κ2) is 9.31. The van der Waals surface area contributed by atoms with Gasteiger partial charge in [0.25, 0.3) is 5.56 Å². The Labute approximate surface area is 188 Å². The summed E-state index contributed by atoms with van der Waals surface area (Å²) in [5, 5.41) is 3.66. The van der Waals surface area contributed by atoms with Crippen LogP contribution in [0, 0.1) is 0 Å². The van der Waals surface area contributed by atoms with Gasteiger partial charge in [0.1, 0.15) is 11.2 Å². The van der Waals surface area contributed by atoms with Gasteiger partial charge in [-0.2, -0.15) is 0 Å². The molecule has 32 heavy (non-hydrogen) atoms. The molecule has 0 aromatic carbocycles. The zero-order valence-electron chi connectivity index (χ0n) is 18.3. The monoisotopic (exact) mass is 464 g/mol. The Morgan fingerprint density at radius 2 is 1.84 bits per heavy atom. The lowest BCUT2D eigenvalue weighted by atomic mass is 10.1. The first-order valence-electron chi connectivity index (χ1n) is 11.0. The van der Waals surface area contributed by atoms with E-state index in [9.17, 15) is 19.2 Å². The molecule has 2 fully saturated rings. The summed E-state index contributed by atoms with van der Waals surface area (Å²) >= 11 is 1.27. The second-order valence-electron chi connectivity index (χ2n) is 8.10. The van der Waals surface area contributed by atoms with Crippen LogP contribution in [0.2, 0.25) is 0 Å². The number of likely N-dealkylation sites (tertiary alicyclic amines) is 1. The second-order valence-corrected chi connectivity index (χ2v) is 9.08. The Morgan fingerprint density at radius 1 is 1.16 bits per heavy atom. The number of carbonyl (C=O) groups is 2. The maximum Gasteiger partial charge on any atom is 0.409 e. The molecule has 2 saturated heterocycles. The number of anilines is 1. The normalized spacial score (nSPS) is 17.2. The molecule has 4 rings (SSSR count). The minimum Gasteiger partial charge on any atom is -0.450 e. The maximum absolute atomic E-state index is 12.8. The molecule has 174 valence electrons. The smallest absolute Gasteiger partial charge is 0.409 e. The lowest BCUT2D eigenvalue weighted by molar-refractivity contribution is -0.122. The lowest BCUT2D eigenvalue weighted by Crippen LogP contribution is -2.48. The predicted octanol–water partition coefficient (Wildman–Crippen LogP) is 0.494. The van der Waals surface area contributed by atoms with Gasteiger partial charge in [-0.05, 0) is 32.6 Å². The summed E-state index contributed by atoms with van der Waals surface area (Å²) in [6.07, 6.45) is 3.01. The van der Waals surface area contributed by atoms with Crippen LogP contribution in [0.4, 0.5) is 9.93 Å². The fraction of sp³-hybridized carbons (Fsp3) is 0.650. The van der Waals surface area contributed by atoms with Gasteiger partial charge in [0.15, 0.2) is 10.8 Å². The molecule has 0 unspecified atom stereocenters. The molecule has 2 aromatic rings. The molecule has 0 aliphatic carbocycles. The van der Waals surface area contributed by atoms with E-state index < -0.39 is 11.2 Å². The Morgan fingerprint density at radius 3 is 2.50 bits per heavy atom. The summed E-state index contributed by atoms with van der Waals surface area (Å²) in [6, 6.07) is -0.0949. The van der Waals surface area contributed by atoms with Crippen molar-refractivity contribution in [3.8, 4) is 0 Å². The molecule has 0 spiro atoms. The van der Waals surface area contributed by atoms with E-state index in [0.717, 1.165) is 30.5 Å². The van der Waals surface area contributed by atoms with E-state index in [0.29, 0.717) is 42.4 Å². The molecule has 0 bridgehead atoms. The molecule has 2 aliphatic rings. The Bertz CT molecular complexity index is 1120. The molecular formula is C20H28N6O5S. The van der Waals surface area contributed by atoms with Gasteiger partial charge in [0.05, 0.1) is 6.61 Å². The van der Waals surface area contributed by atoms with Crippen molar-refractivity contribution in [1.82, 2.24) is 24.3 Å². The first-order valence-corrected chi connectivity index (χ1v) is 11.8. The van der Waals surface area contributed by atoms with E-state index in [1.807, 2.05) is 0 Å². The third kappa shape index (κ3) is 4.36. The summed E-state index contributed by atoms with van der Waals surface area (Å²) in [5.74, 6) is -0.322. The number of carbonyl (C=O) groups excluding carboxylic acids is 2. The van der Waals surface area contributed by atoms with Gasteiger partial charge in [0, 0.05) is 39.3 Å². The fourth-order valence-corrected chi connectivity index (χ4v) is 5.26. The molecule has 0 atom stereocenters. The van der Waals surface area contributed by atoms with Gasteiger partial charge >= 0.3 is 11.8 Å². The third-order valence-electron chi connectivity index (χ3n) is 5.93. The number of hydrogen-bond donors (Lipinski definition) is 1. The standard InChI is InChI=1S/C20H28N6O5S/c1-3-31-20(30)25-10-6-13(7-11-25)21-14(27)12-26-16-15(17(28)23(2)19(26)29)32-18(22-16)24-8-4-5-9-24/h13H,3-12H2,1-2H3,(H,21,27). The Balaban J connectivity index is 1.49. The van der Waals surface area contributed by atoms with Crippen LogP contribution in [0.1, 0.15) is 32.6 Å². The van der Waals surface area contributed by atoms with Crippen LogP contribution in [-0.4, -0.2) is 69.8 Å². The largest absolute Gasteiger partial charge is 0.450 e. The van der Waals surface area contributed by atoms with E-state index in [2.05, 4.69) is 15.2 Å². The number of amides is 2. The molecule has 4 heterocycles. The number of piperidine rings is 1. The molecule has 2 aliphatic heterocycles. The molecular weight excluding hydrogens is 436 g/mol. The summed E-state index contributed by atoms with van der Waals surface area (Å²) in [6.45, 7) is 4.61. The Hall–Kier alpha value is -2.89. The molecule has 2 amide bonds. The van der Waals surface area contributed by atoms with E-state index in [1.54, 1.807) is 11.8 Å². The van der Waals surface area contributed by atoms with Crippen LogP contribution in [0.3, 0.4) is 0 Å². The van der Waals surface area contributed by atoms with Crippen LogP contribution in [0.15, 0.2) is 9.59 Å². The molecule has 1 N–H and O–H groups in total. The zero-order chi connectivity index (χ0) is 22.8. The average Bonchev–Trinajstić information content (AvgIpc) is 3.46. The number of nitrogens with one attached hydrogen (secondary N) is 1. The van der Waals surface area contributed by atoms with Crippen molar-refractivity contribution in [2.75, 3.05) is 37.7 Å². The summed E-state index contributed by atoms with van der Waals surface area (Å²) < 4.78 is 7.69. The van der Waals surface area contributed by atoms with Crippen LogP contribution in [0.25, 0.3) is 10.3 Å². The van der Waals surface area contributed by atoms with Crippen LogP contribution >= 0.6 is 11.3 Å². The van der Waals surface area contributed by atoms with Gasteiger partial charge in [-0.15, -0.1) is 0 Å². The molecule has 0 saturated carbocycles. The Kier molecular flexibility index (Phi) is 6.49. The molecule has 12 heteroatoms. The molecule has 11 nitrogen and oxygen atoms in total. The topological polar surface area (TPSA) is 119 Å². The molecule has 2 aromatic heterocycles. The number of thiazole rings is 1. The quantitative estimate of drug-likeness (QED) is 0.684. The highest BCUT2D eigenvalue weighted by Crippen LogP contribution is 2.28. The highest BCUT2D eigenvalue weighted by Gasteiger charge is 2.26. The van der Waals surface area contributed by atoms with Crippen molar-refractivity contribution in [3.63, 3.8) is 0 Å². The number of nitrogens with zero attached hydrogens (tertiary/aromatic N) is 5. The van der Waals surface area contributed by atoms with Gasteiger partial charge in [0.2, 0.25) is 5.91 Å². The summed E-state index contributed by atoms with van der Waals surface area (Å²) in [5.41, 5.74) is -0.693. The summed E-state index contributed by atoms with van der Waals surface area (Å²) in [4.78, 5) is 58.3. The van der Waals surface area contributed by atoms with Crippen molar-refractivity contribution in [2.45, 2.75) is 45.2 Å².